The minimum absolute atomic E-state index is 0.0303. The maximum Gasteiger partial charge on any atom is 0.270 e. The monoisotopic (exact) mass is 628 g/mol. The van der Waals surface area contributed by atoms with Crippen LogP contribution in [0.2, 0.25) is 0 Å². The second-order valence-electron chi connectivity index (χ2n) is 8.24. The minimum atomic E-state index is -0.551. The van der Waals surface area contributed by atoms with Gasteiger partial charge in [-0.3, -0.25) is 19.8 Å². The third-order valence-corrected chi connectivity index (χ3v) is 6.98. The van der Waals surface area contributed by atoms with Crippen molar-refractivity contribution in [1.29, 1.82) is 0 Å². The first-order chi connectivity index (χ1) is 17.2. The van der Waals surface area contributed by atoms with Crippen molar-refractivity contribution in [3.8, 4) is 11.5 Å². The van der Waals surface area contributed by atoms with Gasteiger partial charge in [0, 0.05) is 14.5 Å². The molecule has 1 heterocycles. The average Bonchev–Trinajstić information content (AvgIpc) is 2.81. The normalized spacial score (nSPS) is 14.8. The predicted molar refractivity (Wildman–Crippen MR) is 151 cm³/mol. The molecule has 4 rings (SSSR count). The van der Waals surface area contributed by atoms with Gasteiger partial charge >= 0.3 is 0 Å². The molecule has 0 aromatic heterocycles. The molecule has 0 aliphatic carbocycles. The molecule has 0 unspecified atom stereocenters. The highest BCUT2D eigenvalue weighted by Gasteiger charge is 2.34. The summed E-state index contributed by atoms with van der Waals surface area (Å²) in [5.74, 6) is -0.0343. The Hall–Kier alpha value is -3.01. The molecule has 1 aliphatic rings. The van der Waals surface area contributed by atoms with Gasteiger partial charge in [0.15, 0.2) is 16.6 Å². The number of hydrogen-bond donors (Lipinski definition) is 1. The largest absolute Gasteiger partial charge is 0.493 e. The summed E-state index contributed by atoms with van der Waals surface area (Å²) < 4.78 is 13.4. The SMILES string of the molecule is COc1cc(/C=C2\C(=O)NC(=S)N(c3cc(C)cc(C)c3)C2=O)ccc1OCc1ccc(Br)cc1Br. The molecule has 0 atom stereocenters. The van der Waals surface area contributed by atoms with Crippen LogP contribution in [0.25, 0.3) is 6.08 Å². The van der Waals surface area contributed by atoms with Crippen LogP contribution >= 0.6 is 44.1 Å². The fraction of sp³-hybridized carbons (Fsp3) is 0.148. The lowest BCUT2D eigenvalue weighted by molar-refractivity contribution is -0.122. The van der Waals surface area contributed by atoms with E-state index in [1.165, 1.54) is 18.1 Å². The Morgan fingerprint density at radius 3 is 2.36 bits per heavy atom. The number of anilines is 1. The number of halogens is 2. The van der Waals surface area contributed by atoms with Crippen LogP contribution in [-0.4, -0.2) is 24.0 Å². The number of methoxy groups -OCH3 is 1. The molecule has 9 heteroatoms. The van der Waals surface area contributed by atoms with E-state index in [0.29, 0.717) is 29.4 Å². The van der Waals surface area contributed by atoms with Gasteiger partial charge in [-0.1, -0.05) is 50.1 Å². The molecular formula is C27H22Br2N2O4S. The number of carbonyl (C=O) groups excluding carboxylic acids is 2. The van der Waals surface area contributed by atoms with Crippen LogP contribution in [0.15, 0.2) is 69.1 Å². The number of nitrogens with zero attached hydrogens (tertiary/aromatic N) is 1. The second kappa shape index (κ2) is 10.9. The van der Waals surface area contributed by atoms with Crippen molar-refractivity contribution in [3.05, 3.63) is 91.4 Å². The number of amides is 2. The molecule has 1 N–H and O–H groups in total. The maximum absolute atomic E-state index is 13.4. The lowest BCUT2D eigenvalue weighted by Crippen LogP contribution is -2.54. The molecule has 6 nitrogen and oxygen atoms in total. The van der Waals surface area contributed by atoms with Crippen LogP contribution in [0.5, 0.6) is 11.5 Å². The van der Waals surface area contributed by atoms with Crippen molar-refractivity contribution in [3.63, 3.8) is 0 Å². The van der Waals surface area contributed by atoms with Crippen LogP contribution in [-0.2, 0) is 16.2 Å². The Morgan fingerprint density at radius 1 is 0.972 bits per heavy atom. The van der Waals surface area contributed by atoms with E-state index in [1.54, 1.807) is 18.2 Å². The summed E-state index contributed by atoms with van der Waals surface area (Å²) in [6.45, 7) is 4.21. The highest BCUT2D eigenvalue weighted by Crippen LogP contribution is 2.32. The van der Waals surface area contributed by atoms with Crippen LogP contribution in [0.3, 0.4) is 0 Å². The van der Waals surface area contributed by atoms with E-state index in [1.807, 2.05) is 50.2 Å². The molecule has 1 saturated heterocycles. The lowest BCUT2D eigenvalue weighted by atomic mass is 10.1. The number of nitrogens with one attached hydrogen (secondary N) is 1. The molecule has 3 aromatic carbocycles. The molecule has 0 bridgehead atoms. The molecule has 0 saturated carbocycles. The van der Waals surface area contributed by atoms with Crippen molar-refractivity contribution >= 4 is 72.8 Å². The third-order valence-electron chi connectivity index (χ3n) is 5.46. The zero-order valence-corrected chi connectivity index (χ0v) is 23.7. The number of thiocarbonyl (C=S) groups is 1. The summed E-state index contributed by atoms with van der Waals surface area (Å²) in [7, 11) is 1.54. The minimum Gasteiger partial charge on any atom is -0.493 e. The molecule has 184 valence electrons. The average molecular weight is 630 g/mol. The molecule has 3 aromatic rings. The van der Waals surface area contributed by atoms with Crippen LogP contribution in [0.4, 0.5) is 5.69 Å². The summed E-state index contributed by atoms with van der Waals surface area (Å²) in [4.78, 5) is 27.4. The number of aryl methyl sites for hydroxylation is 2. The molecular weight excluding hydrogens is 608 g/mol. The van der Waals surface area contributed by atoms with Crippen molar-refractivity contribution in [2.24, 2.45) is 0 Å². The standard InChI is InChI=1S/C27H22Br2N2O4S/c1-15-8-16(2)10-20(9-15)31-26(33)21(25(32)30-27(31)36)11-17-4-7-23(24(12-17)34-3)35-14-18-5-6-19(28)13-22(18)29/h4-13H,14H2,1-3H3,(H,30,32,36)/b21-11+. The van der Waals surface area contributed by atoms with Crippen molar-refractivity contribution in [2.75, 3.05) is 12.0 Å². The second-order valence-corrected chi connectivity index (χ2v) is 10.4. The predicted octanol–water partition coefficient (Wildman–Crippen LogP) is 6.25. The fourth-order valence-electron chi connectivity index (χ4n) is 3.83. The molecule has 0 radical (unpaired) electrons. The van der Waals surface area contributed by atoms with Gasteiger partial charge in [-0.15, -0.1) is 0 Å². The van der Waals surface area contributed by atoms with E-state index in [9.17, 15) is 9.59 Å². The van der Waals surface area contributed by atoms with Crippen LogP contribution in [0, 0.1) is 13.8 Å². The van der Waals surface area contributed by atoms with Crippen molar-refractivity contribution < 1.29 is 19.1 Å². The summed E-state index contributed by atoms with van der Waals surface area (Å²) in [6.07, 6.45) is 1.52. The van der Waals surface area contributed by atoms with Gasteiger partial charge in [0.1, 0.15) is 12.2 Å². The van der Waals surface area contributed by atoms with Crippen LogP contribution in [0.1, 0.15) is 22.3 Å². The number of rotatable bonds is 6. The number of carbonyl (C=O) groups is 2. The Balaban J connectivity index is 1.61. The molecule has 0 spiro atoms. The van der Waals surface area contributed by atoms with Gasteiger partial charge in [0.2, 0.25) is 0 Å². The first kappa shape index (κ1) is 26.1. The maximum atomic E-state index is 13.4. The first-order valence-corrected chi connectivity index (χ1v) is 12.9. The van der Waals surface area contributed by atoms with E-state index < -0.39 is 11.8 Å². The zero-order chi connectivity index (χ0) is 26.0. The number of ether oxygens (including phenoxy) is 2. The van der Waals surface area contributed by atoms with Gasteiger partial charge in [0.25, 0.3) is 11.8 Å². The van der Waals surface area contributed by atoms with Crippen molar-refractivity contribution in [2.45, 2.75) is 20.5 Å². The number of benzene rings is 3. The molecule has 36 heavy (non-hydrogen) atoms. The first-order valence-electron chi connectivity index (χ1n) is 10.9. The molecule has 1 fully saturated rings. The zero-order valence-electron chi connectivity index (χ0n) is 19.7. The summed E-state index contributed by atoms with van der Waals surface area (Å²) >= 11 is 12.3. The summed E-state index contributed by atoms with van der Waals surface area (Å²) in [5.41, 5.74) is 4.12. The molecule has 2 amide bonds. The van der Waals surface area contributed by atoms with Crippen LogP contribution < -0.4 is 19.7 Å². The Morgan fingerprint density at radius 2 is 1.69 bits per heavy atom. The van der Waals surface area contributed by atoms with E-state index in [2.05, 4.69) is 37.2 Å². The fourth-order valence-corrected chi connectivity index (χ4v) is 5.27. The van der Waals surface area contributed by atoms with E-state index in [-0.39, 0.29) is 10.7 Å². The van der Waals surface area contributed by atoms with Gasteiger partial charge in [0.05, 0.1) is 12.8 Å². The Kier molecular flexibility index (Phi) is 7.92. The Bertz CT molecular complexity index is 1400. The van der Waals surface area contributed by atoms with Gasteiger partial charge in [-0.2, -0.15) is 0 Å². The summed E-state index contributed by atoms with van der Waals surface area (Å²) in [6, 6.07) is 16.8. The highest BCUT2D eigenvalue weighted by molar-refractivity contribution is 9.11. The highest BCUT2D eigenvalue weighted by atomic mass is 79.9. The van der Waals surface area contributed by atoms with Gasteiger partial charge < -0.3 is 9.47 Å². The van der Waals surface area contributed by atoms with Gasteiger partial charge in [-0.25, -0.2) is 0 Å². The lowest BCUT2D eigenvalue weighted by Gasteiger charge is -2.29. The topological polar surface area (TPSA) is 67.9 Å². The van der Waals surface area contributed by atoms with E-state index >= 15 is 0 Å². The smallest absolute Gasteiger partial charge is 0.270 e. The third kappa shape index (κ3) is 5.69. The van der Waals surface area contributed by atoms with Crippen molar-refractivity contribution in [1.82, 2.24) is 5.32 Å². The quantitative estimate of drug-likeness (QED) is 0.198. The number of hydrogen-bond acceptors (Lipinski definition) is 5. The molecule has 1 aliphatic heterocycles. The summed E-state index contributed by atoms with van der Waals surface area (Å²) in [5, 5.41) is 2.67. The Labute approximate surface area is 231 Å². The van der Waals surface area contributed by atoms with E-state index in [4.69, 9.17) is 21.7 Å². The van der Waals surface area contributed by atoms with E-state index in [0.717, 1.165) is 25.6 Å². The van der Waals surface area contributed by atoms with Gasteiger partial charge in [-0.05, 0) is 85.2 Å².